The van der Waals surface area contributed by atoms with Crippen molar-refractivity contribution in [2.75, 3.05) is 19.8 Å². The molecule has 1 aromatic carbocycles. The van der Waals surface area contributed by atoms with E-state index in [9.17, 15) is 19.5 Å². The summed E-state index contributed by atoms with van der Waals surface area (Å²) in [6, 6.07) is 7.85. The number of fused-ring (bicyclic) bond motifs is 2. The van der Waals surface area contributed by atoms with E-state index in [1.165, 1.54) is 0 Å². The molecule has 8 heteroatoms. The number of ether oxygens (including phenoxy) is 1. The molecule has 0 aromatic heterocycles. The van der Waals surface area contributed by atoms with Crippen molar-refractivity contribution >= 4 is 29.5 Å². The molecule has 2 unspecified atom stereocenters. The molecule has 0 aliphatic carbocycles. The third-order valence-corrected chi connectivity index (χ3v) is 10.2. The van der Waals surface area contributed by atoms with Crippen LogP contribution >= 0.6 is 11.8 Å². The number of thioether (sulfide) groups is 1. The number of allylic oxidation sites excluding steroid dienone is 1. The fraction of sp³-hybridized carbons (Fsp3) is 0.567. The standard InChI is InChI=1S/C30H38N2O5S/c1-3-12-20(2)31-17-11-16-30-25(24-23(38-30)15-9-4-5-10-18-37-29(24)36)27(34)32(26(30)28(31)35)22(19-33)21-13-7-6-8-14-21/h6-9,11,13-16,20,22-26,33H,3-5,10,12,17-19H2,1-2H3/b15-9-/t20?,22-,23-,24+,25+,26?,30+/m1/s1. The van der Waals surface area contributed by atoms with E-state index < -0.39 is 28.7 Å². The zero-order valence-corrected chi connectivity index (χ0v) is 23.0. The zero-order chi connectivity index (χ0) is 26.9. The third-order valence-electron chi connectivity index (χ3n) is 8.50. The molecular formula is C30H38N2O5S. The number of aliphatic hydroxyl groups is 1. The molecule has 7 nitrogen and oxygen atoms in total. The van der Waals surface area contributed by atoms with Crippen LogP contribution in [0.1, 0.15) is 57.6 Å². The maximum atomic E-state index is 14.5. The summed E-state index contributed by atoms with van der Waals surface area (Å²) < 4.78 is 4.77. The SMILES string of the molecule is CCCC(C)N1CC=C[C@]23S[C@@H]4/C=C\CCCCOC(=O)[C@@H]4[C@H]2C(=O)N([C@H](CO)c2ccccc2)C3C1=O. The molecule has 38 heavy (non-hydrogen) atoms. The lowest BCUT2D eigenvalue weighted by Gasteiger charge is -2.40. The average molecular weight is 539 g/mol. The summed E-state index contributed by atoms with van der Waals surface area (Å²) in [4.78, 5) is 46.0. The van der Waals surface area contributed by atoms with Crippen molar-refractivity contribution < 1.29 is 24.2 Å². The van der Waals surface area contributed by atoms with E-state index in [-0.39, 0.29) is 35.7 Å². The van der Waals surface area contributed by atoms with E-state index in [4.69, 9.17) is 4.74 Å². The minimum absolute atomic E-state index is 0.00423. The predicted molar refractivity (Wildman–Crippen MR) is 147 cm³/mol. The van der Waals surface area contributed by atoms with Crippen LogP contribution in [0, 0.1) is 11.8 Å². The Morgan fingerprint density at radius 1 is 1.13 bits per heavy atom. The van der Waals surface area contributed by atoms with Gasteiger partial charge >= 0.3 is 5.97 Å². The van der Waals surface area contributed by atoms with Crippen LogP contribution in [-0.2, 0) is 19.1 Å². The summed E-state index contributed by atoms with van der Waals surface area (Å²) in [6.07, 6.45) is 12.6. The smallest absolute Gasteiger partial charge is 0.311 e. The second-order valence-corrected chi connectivity index (χ2v) is 12.3. The molecule has 0 bridgehead atoms. The quantitative estimate of drug-likeness (QED) is 0.437. The molecular weight excluding hydrogens is 500 g/mol. The second-order valence-electron chi connectivity index (χ2n) is 10.8. The van der Waals surface area contributed by atoms with Crippen molar-refractivity contribution in [3.8, 4) is 0 Å². The van der Waals surface area contributed by atoms with Gasteiger partial charge in [0.2, 0.25) is 11.8 Å². The molecule has 0 saturated carbocycles. The summed E-state index contributed by atoms with van der Waals surface area (Å²) in [6.45, 7) is 4.62. The molecule has 2 saturated heterocycles. The number of esters is 1. The number of hydrogen-bond acceptors (Lipinski definition) is 6. The average Bonchev–Trinajstić information content (AvgIpc) is 3.30. The topological polar surface area (TPSA) is 87.2 Å². The van der Waals surface area contributed by atoms with Gasteiger partial charge in [-0.15, -0.1) is 11.8 Å². The molecule has 5 rings (SSSR count). The molecule has 1 N–H and O–H groups in total. The van der Waals surface area contributed by atoms with Gasteiger partial charge in [0.1, 0.15) is 6.04 Å². The number of aliphatic hydroxyl groups excluding tert-OH is 1. The Hall–Kier alpha value is -2.58. The van der Waals surface area contributed by atoms with Gasteiger partial charge in [0.15, 0.2) is 0 Å². The Morgan fingerprint density at radius 3 is 2.66 bits per heavy atom. The second kappa shape index (κ2) is 11.3. The van der Waals surface area contributed by atoms with Crippen LogP contribution in [0.25, 0.3) is 0 Å². The molecule has 1 aromatic rings. The Bertz CT molecular complexity index is 1110. The molecule has 7 atom stereocenters. The Kier molecular flexibility index (Phi) is 8.00. The predicted octanol–water partition coefficient (Wildman–Crippen LogP) is 3.89. The van der Waals surface area contributed by atoms with Crippen molar-refractivity contribution in [1.82, 2.24) is 9.80 Å². The molecule has 2 amide bonds. The third kappa shape index (κ3) is 4.49. The van der Waals surface area contributed by atoms with E-state index in [0.717, 1.165) is 37.7 Å². The largest absolute Gasteiger partial charge is 0.465 e. The molecule has 4 aliphatic heterocycles. The van der Waals surface area contributed by atoms with Crippen LogP contribution in [0.2, 0.25) is 0 Å². The summed E-state index contributed by atoms with van der Waals surface area (Å²) in [7, 11) is 0. The maximum Gasteiger partial charge on any atom is 0.311 e. The normalized spacial score (nSPS) is 33.6. The highest BCUT2D eigenvalue weighted by Crippen LogP contribution is 2.62. The molecule has 4 heterocycles. The van der Waals surface area contributed by atoms with E-state index in [1.807, 2.05) is 53.5 Å². The highest BCUT2D eigenvalue weighted by Gasteiger charge is 2.71. The summed E-state index contributed by atoms with van der Waals surface area (Å²) in [5, 5.41) is 10.4. The summed E-state index contributed by atoms with van der Waals surface area (Å²) in [5.41, 5.74) is 0.766. The summed E-state index contributed by atoms with van der Waals surface area (Å²) >= 11 is 1.55. The maximum absolute atomic E-state index is 14.5. The molecule has 1 spiro atoms. The van der Waals surface area contributed by atoms with E-state index >= 15 is 0 Å². The van der Waals surface area contributed by atoms with Crippen molar-refractivity contribution in [3.05, 3.63) is 60.2 Å². The first kappa shape index (κ1) is 27.0. The van der Waals surface area contributed by atoms with Crippen LogP contribution in [-0.4, -0.2) is 74.5 Å². The number of hydrogen-bond donors (Lipinski definition) is 1. The van der Waals surface area contributed by atoms with Crippen LogP contribution in [0.3, 0.4) is 0 Å². The van der Waals surface area contributed by atoms with E-state index in [1.54, 1.807) is 16.7 Å². The van der Waals surface area contributed by atoms with Gasteiger partial charge in [-0.25, -0.2) is 0 Å². The van der Waals surface area contributed by atoms with Crippen LogP contribution in [0.15, 0.2) is 54.6 Å². The molecule has 204 valence electrons. The van der Waals surface area contributed by atoms with E-state index in [2.05, 4.69) is 19.9 Å². The van der Waals surface area contributed by atoms with Gasteiger partial charge in [-0.2, -0.15) is 0 Å². The molecule has 4 aliphatic rings. The van der Waals surface area contributed by atoms with E-state index in [0.29, 0.717) is 13.2 Å². The van der Waals surface area contributed by atoms with Gasteiger partial charge < -0.3 is 19.6 Å². The van der Waals surface area contributed by atoms with Crippen molar-refractivity contribution in [1.29, 1.82) is 0 Å². The van der Waals surface area contributed by atoms with Crippen LogP contribution in [0.4, 0.5) is 0 Å². The first-order chi connectivity index (χ1) is 18.4. The Labute approximate surface area is 229 Å². The zero-order valence-electron chi connectivity index (χ0n) is 22.2. The summed E-state index contributed by atoms with van der Waals surface area (Å²) in [5.74, 6) is -2.19. The first-order valence-corrected chi connectivity index (χ1v) is 14.8. The lowest BCUT2D eigenvalue weighted by atomic mass is 9.78. The van der Waals surface area contributed by atoms with Crippen molar-refractivity contribution in [2.24, 2.45) is 11.8 Å². The number of benzene rings is 1. The lowest BCUT2D eigenvalue weighted by Crippen LogP contribution is -2.55. The number of rotatable bonds is 6. The first-order valence-electron chi connectivity index (χ1n) is 13.9. The van der Waals surface area contributed by atoms with Gasteiger partial charge in [-0.1, -0.05) is 68.0 Å². The molecule has 0 radical (unpaired) electrons. The number of nitrogens with zero attached hydrogens (tertiary/aromatic N) is 2. The number of likely N-dealkylation sites (tertiary alicyclic amines) is 1. The highest BCUT2D eigenvalue weighted by atomic mass is 32.2. The fourth-order valence-electron chi connectivity index (χ4n) is 6.71. The minimum Gasteiger partial charge on any atom is -0.465 e. The van der Waals surface area contributed by atoms with Gasteiger partial charge in [0.05, 0.1) is 35.8 Å². The van der Waals surface area contributed by atoms with Crippen LogP contribution < -0.4 is 0 Å². The number of carbonyl (C=O) groups is 3. The lowest BCUT2D eigenvalue weighted by molar-refractivity contribution is -0.154. The molecule has 2 fully saturated rings. The number of amides is 2. The Morgan fingerprint density at radius 2 is 1.92 bits per heavy atom. The Balaban J connectivity index is 1.65. The van der Waals surface area contributed by atoms with Gasteiger partial charge in [-0.3, -0.25) is 14.4 Å². The van der Waals surface area contributed by atoms with Crippen molar-refractivity contribution in [3.63, 3.8) is 0 Å². The number of carbonyl (C=O) groups excluding carboxylic acids is 3. The van der Waals surface area contributed by atoms with Gasteiger partial charge in [0.25, 0.3) is 0 Å². The number of cyclic esters (lactones) is 1. The fourth-order valence-corrected chi connectivity index (χ4v) is 8.70. The van der Waals surface area contributed by atoms with Crippen molar-refractivity contribution in [2.45, 2.75) is 74.1 Å². The minimum atomic E-state index is -0.927. The highest BCUT2D eigenvalue weighted by molar-refractivity contribution is 8.02. The van der Waals surface area contributed by atoms with Gasteiger partial charge in [0, 0.05) is 17.8 Å². The van der Waals surface area contributed by atoms with Gasteiger partial charge in [-0.05, 0) is 38.2 Å². The monoisotopic (exact) mass is 538 g/mol. The van der Waals surface area contributed by atoms with Crippen LogP contribution in [0.5, 0.6) is 0 Å².